The Hall–Kier alpha value is -2.57. The molecule has 26 heavy (non-hydrogen) atoms. The summed E-state index contributed by atoms with van der Waals surface area (Å²) in [6.45, 7) is 4.75. The topological polar surface area (TPSA) is 73.0 Å². The van der Waals surface area contributed by atoms with E-state index in [2.05, 4.69) is 5.32 Å². The van der Waals surface area contributed by atoms with Gasteiger partial charge in [-0.1, -0.05) is 18.2 Å². The van der Waals surface area contributed by atoms with Gasteiger partial charge in [0.25, 0.3) is 0 Å². The van der Waals surface area contributed by atoms with Crippen LogP contribution in [0.3, 0.4) is 0 Å². The largest absolute Gasteiger partial charge is 0.343 e. The van der Waals surface area contributed by atoms with Crippen LogP contribution in [0, 0.1) is 0 Å². The van der Waals surface area contributed by atoms with Crippen molar-refractivity contribution in [1.29, 1.82) is 0 Å². The van der Waals surface area contributed by atoms with Crippen LogP contribution in [0.25, 0.3) is 0 Å². The molecule has 3 rings (SSSR count). The van der Waals surface area contributed by atoms with E-state index in [9.17, 15) is 14.4 Å². The number of nitrogens with zero attached hydrogens (tertiary/aromatic N) is 3. The fraction of sp³-hybridized carbons (Fsp3) is 0.526. The summed E-state index contributed by atoms with van der Waals surface area (Å²) in [5.74, 6) is 0.132. The number of nitrogens with one attached hydrogen (secondary N) is 1. The van der Waals surface area contributed by atoms with E-state index in [1.165, 1.54) is 0 Å². The van der Waals surface area contributed by atoms with Crippen molar-refractivity contribution in [2.45, 2.75) is 32.2 Å². The summed E-state index contributed by atoms with van der Waals surface area (Å²) < 4.78 is 0. The molecule has 1 aromatic carbocycles. The van der Waals surface area contributed by atoms with Gasteiger partial charge in [-0.2, -0.15) is 0 Å². The Morgan fingerprint density at radius 3 is 2.62 bits per heavy atom. The van der Waals surface area contributed by atoms with E-state index in [4.69, 9.17) is 0 Å². The van der Waals surface area contributed by atoms with Crippen molar-refractivity contribution in [3.05, 3.63) is 30.3 Å². The molecule has 1 N–H and O–H groups in total. The van der Waals surface area contributed by atoms with Crippen molar-refractivity contribution < 1.29 is 14.4 Å². The fourth-order valence-corrected chi connectivity index (χ4v) is 3.52. The molecular weight excluding hydrogens is 332 g/mol. The molecule has 7 heteroatoms. The van der Waals surface area contributed by atoms with Gasteiger partial charge in [-0.25, -0.2) is 4.79 Å². The smallest absolute Gasteiger partial charge is 0.318 e. The molecule has 0 aliphatic carbocycles. The molecule has 2 aliphatic heterocycles. The second-order valence-electron chi connectivity index (χ2n) is 6.76. The number of benzene rings is 1. The highest BCUT2D eigenvalue weighted by Gasteiger charge is 2.34. The Labute approximate surface area is 153 Å². The van der Waals surface area contributed by atoms with Crippen LogP contribution in [-0.4, -0.2) is 66.4 Å². The van der Waals surface area contributed by atoms with Gasteiger partial charge in [-0.15, -0.1) is 0 Å². The molecule has 4 amide bonds. The number of likely N-dealkylation sites (tertiary alicyclic amines) is 1. The summed E-state index contributed by atoms with van der Waals surface area (Å²) >= 11 is 0. The molecule has 2 heterocycles. The number of carbonyl (C=O) groups is 3. The number of hydrogen-bond acceptors (Lipinski definition) is 3. The summed E-state index contributed by atoms with van der Waals surface area (Å²) in [5, 5.41) is 2.88. The SMILES string of the molecule is C[C@@H]1C(=O)N(c2ccccc2)CCN1C(=O)NCCCN1CCCC1=O. The molecule has 1 aromatic rings. The maximum absolute atomic E-state index is 12.6. The van der Waals surface area contributed by atoms with Crippen molar-refractivity contribution in [3.8, 4) is 0 Å². The molecule has 1 atom stereocenters. The van der Waals surface area contributed by atoms with Gasteiger partial charge in [-0.05, 0) is 31.9 Å². The maximum Gasteiger partial charge on any atom is 0.318 e. The molecule has 2 aliphatic rings. The minimum absolute atomic E-state index is 0.0692. The van der Waals surface area contributed by atoms with E-state index in [1.54, 1.807) is 16.7 Å². The van der Waals surface area contributed by atoms with Gasteiger partial charge in [0.05, 0.1) is 0 Å². The van der Waals surface area contributed by atoms with Gasteiger partial charge in [0.1, 0.15) is 6.04 Å². The second kappa shape index (κ2) is 8.21. The van der Waals surface area contributed by atoms with Gasteiger partial charge in [0, 0.05) is 44.8 Å². The lowest BCUT2D eigenvalue weighted by molar-refractivity contribution is -0.127. The van der Waals surface area contributed by atoms with Crippen LogP contribution >= 0.6 is 0 Å². The van der Waals surface area contributed by atoms with Crippen LogP contribution in [-0.2, 0) is 9.59 Å². The first-order valence-electron chi connectivity index (χ1n) is 9.26. The summed E-state index contributed by atoms with van der Waals surface area (Å²) in [4.78, 5) is 41.8. The Kier molecular flexibility index (Phi) is 5.75. The second-order valence-corrected chi connectivity index (χ2v) is 6.76. The van der Waals surface area contributed by atoms with Crippen molar-refractivity contribution in [3.63, 3.8) is 0 Å². The van der Waals surface area contributed by atoms with Crippen molar-refractivity contribution in [1.82, 2.24) is 15.1 Å². The Morgan fingerprint density at radius 2 is 1.92 bits per heavy atom. The minimum Gasteiger partial charge on any atom is -0.343 e. The third-order valence-corrected chi connectivity index (χ3v) is 5.04. The molecule has 0 spiro atoms. The minimum atomic E-state index is -0.496. The van der Waals surface area contributed by atoms with Crippen LogP contribution in [0.5, 0.6) is 0 Å². The van der Waals surface area contributed by atoms with E-state index < -0.39 is 6.04 Å². The molecule has 2 fully saturated rings. The lowest BCUT2D eigenvalue weighted by atomic mass is 10.1. The van der Waals surface area contributed by atoms with Crippen molar-refractivity contribution >= 4 is 23.5 Å². The predicted octanol–water partition coefficient (Wildman–Crippen LogP) is 1.45. The fourth-order valence-electron chi connectivity index (χ4n) is 3.52. The zero-order chi connectivity index (χ0) is 18.5. The highest BCUT2D eigenvalue weighted by molar-refractivity contribution is 5.99. The molecule has 0 radical (unpaired) electrons. The van der Waals surface area contributed by atoms with E-state index in [0.29, 0.717) is 32.6 Å². The number of amides is 4. The molecule has 0 saturated carbocycles. The zero-order valence-electron chi connectivity index (χ0n) is 15.2. The maximum atomic E-state index is 12.6. The van der Waals surface area contributed by atoms with Gasteiger partial charge in [0.2, 0.25) is 11.8 Å². The monoisotopic (exact) mass is 358 g/mol. The van der Waals surface area contributed by atoms with Crippen LogP contribution in [0.15, 0.2) is 30.3 Å². The van der Waals surface area contributed by atoms with E-state index >= 15 is 0 Å². The first-order chi connectivity index (χ1) is 12.6. The van der Waals surface area contributed by atoms with Gasteiger partial charge < -0.3 is 20.0 Å². The molecule has 140 valence electrons. The quantitative estimate of drug-likeness (QED) is 0.810. The molecule has 7 nitrogen and oxygen atoms in total. The number of carbonyl (C=O) groups excluding carboxylic acids is 3. The lowest BCUT2D eigenvalue weighted by Gasteiger charge is -2.39. The Bertz CT molecular complexity index is 664. The van der Waals surface area contributed by atoms with Crippen molar-refractivity contribution in [2.75, 3.05) is 37.6 Å². The standard InChI is InChI=1S/C19H26N4O3/c1-15-18(25)23(16-7-3-2-4-8-16)14-13-22(15)19(26)20-10-6-12-21-11-5-9-17(21)24/h2-4,7-8,15H,5-6,9-14H2,1H3,(H,20,26)/t15-/m1/s1. The van der Waals surface area contributed by atoms with Crippen LogP contribution in [0.4, 0.5) is 10.5 Å². The number of rotatable bonds is 5. The highest BCUT2D eigenvalue weighted by Crippen LogP contribution is 2.20. The number of anilines is 1. The predicted molar refractivity (Wildman–Crippen MR) is 98.8 cm³/mol. The van der Waals surface area contributed by atoms with E-state index in [-0.39, 0.29) is 17.8 Å². The number of para-hydroxylation sites is 1. The molecule has 0 bridgehead atoms. The van der Waals surface area contributed by atoms with E-state index in [1.807, 2.05) is 35.2 Å². The number of piperazine rings is 1. The van der Waals surface area contributed by atoms with Crippen molar-refractivity contribution in [2.24, 2.45) is 0 Å². The Morgan fingerprint density at radius 1 is 1.15 bits per heavy atom. The van der Waals surface area contributed by atoms with E-state index in [0.717, 1.165) is 25.1 Å². The summed E-state index contributed by atoms with van der Waals surface area (Å²) in [5.41, 5.74) is 0.861. The molecule has 2 saturated heterocycles. The van der Waals surface area contributed by atoms with Gasteiger partial charge in [-0.3, -0.25) is 9.59 Å². The summed E-state index contributed by atoms with van der Waals surface area (Å²) in [6.07, 6.45) is 2.29. The molecular formula is C19H26N4O3. The van der Waals surface area contributed by atoms with Crippen LogP contribution in [0.1, 0.15) is 26.2 Å². The first kappa shape index (κ1) is 18.2. The lowest BCUT2D eigenvalue weighted by Crippen LogP contribution is -2.59. The number of urea groups is 1. The van der Waals surface area contributed by atoms with Crippen LogP contribution in [0.2, 0.25) is 0 Å². The van der Waals surface area contributed by atoms with Gasteiger partial charge >= 0.3 is 6.03 Å². The average Bonchev–Trinajstić information content (AvgIpc) is 3.06. The van der Waals surface area contributed by atoms with Gasteiger partial charge in [0.15, 0.2) is 0 Å². The normalized spacial score (nSPS) is 20.7. The third-order valence-electron chi connectivity index (χ3n) is 5.04. The first-order valence-corrected chi connectivity index (χ1v) is 9.26. The summed E-state index contributed by atoms with van der Waals surface area (Å²) in [7, 11) is 0. The third kappa shape index (κ3) is 3.98. The molecule has 0 aromatic heterocycles. The molecule has 0 unspecified atom stereocenters. The zero-order valence-corrected chi connectivity index (χ0v) is 15.2. The van der Waals surface area contributed by atoms with Crippen LogP contribution < -0.4 is 10.2 Å². The Balaban J connectivity index is 1.46. The number of hydrogen-bond donors (Lipinski definition) is 1. The average molecular weight is 358 g/mol. The summed E-state index contributed by atoms with van der Waals surface area (Å²) in [6, 6.07) is 8.81. The highest BCUT2D eigenvalue weighted by atomic mass is 16.2.